The van der Waals surface area contributed by atoms with E-state index in [4.69, 9.17) is 4.74 Å². The summed E-state index contributed by atoms with van der Waals surface area (Å²) in [7, 11) is 0. The van der Waals surface area contributed by atoms with Gasteiger partial charge in [-0.1, -0.05) is 12.8 Å². The van der Waals surface area contributed by atoms with Gasteiger partial charge in [-0.2, -0.15) is 0 Å². The minimum absolute atomic E-state index is 0.115. The summed E-state index contributed by atoms with van der Waals surface area (Å²) < 4.78 is 31.7. The lowest BCUT2D eigenvalue weighted by Gasteiger charge is -2.22. The number of ether oxygens (including phenoxy) is 1. The normalized spacial score (nSPS) is 25.4. The van der Waals surface area contributed by atoms with Crippen LogP contribution in [0.3, 0.4) is 0 Å². The third-order valence-electron chi connectivity index (χ3n) is 3.09. The average molecular weight is 242 g/mol. The van der Waals surface area contributed by atoms with Gasteiger partial charge in [0.15, 0.2) is 11.6 Å². The van der Waals surface area contributed by atoms with Crippen molar-refractivity contribution in [2.45, 2.75) is 44.3 Å². The molecule has 2 rings (SSSR count). The van der Waals surface area contributed by atoms with Crippen molar-refractivity contribution in [1.82, 2.24) is 0 Å². The number of aliphatic hydroxyl groups is 1. The maximum Gasteiger partial charge on any atom is 0.165 e. The summed E-state index contributed by atoms with van der Waals surface area (Å²) >= 11 is 0. The van der Waals surface area contributed by atoms with Crippen molar-refractivity contribution in [2.24, 2.45) is 0 Å². The highest BCUT2D eigenvalue weighted by atomic mass is 19.1. The Balaban J connectivity index is 2.10. The van der Waals surface area contributed by atoms with E-state index in [2.05, 4.69) is 0 Å². The topological polar surface area (TPSA) is 29.5 Å². The first kappa shape index (κ1) is 12.3. The maximum absolute atomic E-state index is 13.4. The van der Waals surface area contributed by atoms with Gasteiger partial charge >= 0.3 is 0 Å². The summed E-state index contributed by atoms with van der Waals surface area (Å²) in [6.07, 6.45) is 3.24. The average Bonchev–Trinajstić information content (AvgIpc) is 2.50. The van der Waals surface area contributed by atoms with Crippen molar-refractivity contribution in [2.75, 3.05) is 0 Å². The monoisotopic (exact) mass is 242 g/mol. The quantitative estimate of drug-likeness (QED) is 0.808. The number of hydrogen-bond donors (Lipinski definition) is 1. The lowest BCUT2D eigenvalue weighted by atomic mass is 10.1. The molecule has 0 heterocycles. The van der Waals surface area contributed by atoms with Crippen molar-refractivity contribution in [3.8, 4) is 5.75 Å². The fourth-order valence-corrected chi connectivity index (χ4v) is 2.12. The van der Waals surface area contributed by atoms with E-state index in [-0.39, 0.29) is 5.75 Å². The predicted molar refractivity (Wildman–Crippen MR) is 59.9 cm³/mol. The maximum atomic E-state index is 13.4. The number of halogens is 2. The first-order chi connectivity index (χ1) is 8.16. The Hall–Kier alpha value is -1.16. The SMILES string of the molecule is OC1CCCCCC1Oc1cc(F)ccc1F. The molecular weight excluding hydrogens is 226 g/mol. The fourth-order valence-electron chi connectivity index (χ4n) is 2.12. The minimum Gasteiger partial charge on any atom is -0.485 e. The Morgan fingerprint density at radius 3 is 2.71 bits per heavy atom. The van der Waals surface area contributed by atoms with E-state index in [1.54, 1.807) is 0 Å². The number of aliphatic hydroxyl groups excluding tert-OH is 1. The van der Waals surface area contributed by atoms with Gasteiger partial charge in [-0.3, -0.25) is 0 Å². The Morgan fingerprint density at radius 1 is 1.12 bits per heavy atom. The van der Waals surface area contributed by atoms with Crippen LogP contribution >= 0.6 is 0 Å². The zero-order chi connectivity index (χ0) is 12.3. The molecule has 1 aromatic carbocycles. The Labute approximate surface area is 99.2 Å². The highest BCUT2D eigenvalue weighted by Crippen LogP contribution is 2.25. The lowest BCUT2D eigenvalue weighted by Crippen LogP contribution is -2.30. The van der Waals surface area contributed by atoms with Crippen molar-refractivity contribution in [1.29, 1.82) is 0 Å². The van der Waals surface area contributed by atoms with Gasteiger partial charge in [0.2, 0.25) is 0 Å². The molecule has 1 saturated carbocycles. The molecule has 1 fully saturated rings. The van der Waals surface area contributed by atoms with Gasteiger partial charge in [0.1, 0.15) is 11.9 Å². The first-order valence-electron chi connectivity index (χ1n) is 5.96. The van der Waals surface area contributed by atoms with Gasteiger partial charge in [-0.05, 0) is 31.4 Å². The zero-order valence-electron chi connectivity index (χ0n) is 9.53. The van der Waals surface area contributed by atoms with E-state index in [0.717, 1.165) is 37.5 Å². The molecule has 94 valence electrons. The molecule has 2 unspecified atom stereocenters. The van der Waals surface area contributed by atoms with Crippen LogP contribution in [0.25, 0.3) is 0 Å². The number of hydrogen-bond acceptors (Lipinski definition) is 2. The second-order valence-corrected chi connectivity index (χ2v) is 4.44. The smallest absolute Gasteiger partial charge is 0.165 e. The summed E-state index contributed by atoms with van der Waals surface area (Å²) in [5.74, 6) is -1.25. The largest absolute Gasteiger partial charge is 0.485 e. The van der Waals surface area contributed by atoms with Crippen LogP contribution in [0.1, 0.15) is 32.1 Å². The van der Waals surface area contributed by atoms with Crippen LogP contribution in [0.5, 0.6) is 5.75 Å². The number of benzene rings is 1. The molecule has 1 aromatic rings. The lowest BCUT2D eigenvalue weighted by molar-refractivity contribution is 0.0296. The fraction of sp³-hybridized carbons (Fsp3) is 0.538. The Bertz CT molecular complexity index is 382. The van der Waals surface area contributed by atoms with E-state index in [1.807, 2.05) is 0 Å². The molecule has 0 aromatic heterocycles. The van der Waals surface area contributed by atoms with E-state index in [9.17, 15) is 13.9 Å². The van der Waals surface area contributed by atoms with E-state index >= 15 is 0 Å². The van der Waals surface area contributed by atoms with Crippen LogP contribution in [-0.2, 0) is 0 Å². The molecule has 0 saturated heterocycles. The molecule has 0 aliphatic heterocycles. The van der Waals surface area contributed by atoms with Crippen molar-refractivity contribution in [3.63, 3.8) is 0 Å². The van der Waals surface area contributed by atoms with Gasteiger partial charge in [0.05, 0.1) is 6.10 Å². The minimum atomic E-state index is -0.597. The van der Waals surface area contributed by atoms with E-state index in [1.165, 1.54) is 0 Å². The Kier molecular flexibility index (Phi) is 3.94. The van der Waals surface area contributed by atoms with Crippen molar-refractivity contribution in [3.05, 3.63) is 29.8 Å². The van der Waals surface area contributed by atoms with Gasteiger partial charge in [-0.15, -0.1) is 0 Å². The van der Waals surface area contributed by atoms with Crippen LogP contribution in [0.4, 0.5) is 8.78 Å². The molecule has 17 heavy (non-hydrogen) atoms. The Morgan fingerprint density at radius 2 is 1.88 bits per heavy atom. The van der Waals surface area contributed by atoms with Crippen LogP contribution in [-0.4, -0.2) is 17.3 Å². The molecular formula is C13H16F2O2. The molecule has 2 atom stereocenters. The molecule has 0 spiro atoms. The van der Waals surface area contributed by atoms with E-state index in [0.29, 0.717) is 12.8 Å². The van der Waals surface area contributed by atoms with Gasteiger partial charge in [0.25, 0.3) is 0 Å². The molecule has 0 bridgehead atoms. The summed E-state index contributed by atoms with van der Waals surface area (Å²) in [6, 6.07) is 3.10. The highest BCUT2D eigenvalue weighted by Gasteiger charge is 2.24. The van der Waals surface area contributed by atoms with Crippen LogP contribution in [0, 0.1) is 11.6 Å². The van der Waals surface area contributed by atoms with Crippen molar-refractivity contribution < 1.29 is 18.6 Å². The summed E-state index contributed by atoms with van der Waals surface area (Å²) in [4.78, 5) is 0. The van der Waals surface area contributed by atoms with Crippen LogP contribution in [0.15, 0.2) is 18.2 Å². The molecule has 0 amide bonds. The zero-order valence-corrected chi connectivity index (χ0v) is 9.53. The summed E-state index contributed by atoms with van der Waals surface area (Å²) in [5, 5.41) is 9.83. The molecule has 4 heteroatoms. The third kappa shape index (κ3) is 3.16. The highest BCUT2D eigenvalue weighted by molar-refractivity contribution is 5.25. The van der Waals surface area contributed by atoms with Gasteiger partial charge in [-0.25, -0.2) is 8.78 Å². The molecule has 2 nitrogen and oxygen atoms in total. The van der Waals surface area contributed by atoms with Crippen LogP contribution < -0.4 is 4.74 Å². The first-order valence-corrected chi connectivity index (χ1v) is 5.96. The van der Waals surface area contributed by atoms with Gasteiger partial charge in [0, 0.05) is 6.07 Å². The number of rotatable bonds is 2. The van der Waals surface area contributed by atoms with Crippen molar-refractivity contribution >= 4 is 0 Å². The molecule has 1 aliphatic rings. The summed E-state index contributed by atoms with van der Waals surface area (Å²) in [5.41, 5.74) is 0. The predicted octanol–water partition coefficient (Wildman–Crippen LogP) is 3.04. The second-order valence-electron chi connectivity index (χ2n) is 4.44. The molecule has 0 radical (unpaired) electrons. The third-order valence-corrected chi connectivity index (χ3v) is 3.09. The molecule has 1 aliphatic carbocycles. The standard InChI is InChI=1S/C13H16F2O2/c14-9-6-7-10(15)13(8-9)17-12-5-3-1-2-4-11(12)16/h6-8,11-12,16H,1-5H2. The summed E-state index contributed by atoms with van der Waals surface area (Å²) in [6.45, 7) is 0. The van der Waals surface area contributed by atoms with Gasteiger partial charge < -0.3 is 9.84 Å². The molecule has 1 N–H and O–H groups in total. The second kappa shape index (κ2) is 5.45. The van der Waals surface area contributed by atoms with E-state index < -0.39 is 23.8 Å². The van der Waals surface area contributed by atoms with Crippen LogP contribution in [0.2, 0.25) is 0 Å².